The normalized spacial score (nSPS) is 38.9. The molecule has 1 aliphatic carbocycles. The Hall–Kier alpha value is -0.0800. The van der Waals surface area contributed by atoms with E-state index in [0.717, 1.165) is 36.3 Å². The van der Waals surface area contributed by atoms with E-state index in [9.17, 15) is 0 Å². The van der Waals surface area contributed by atoms with Crippen LogP contribution in [0.5, 0.6) is 0 Å². The lowest BCUT2D eigenvalue weighted by Crippen LogP contribution is -2.48. The minimum absolute atomic E-state index is 0.475. The standard InChI is InChI=1S/C19H38N2/c1-7-20-18-11-14(2)10-15(3)17(18)13-21-9-8-16(12-21)19(4,5)6/h14-18,20H,7-13H2,1-6H3. The topological polar surface area (TPSA) is 15.3 Å². The lowest BCUT2D eigenvalue weighted by molar-refractivity contribution is 0.106. The lowest BCUT2D eigenvalue weighted by Gasteiger charge is -2.42. The van der Waals surface area contributed by atoms with Crippen molar-refractivity contribution in [2.24, 2.45) is 29.1 Å². The van der Waals surface area contributed by atoms with E-state index in [2.05, 4.69) is 51.8 Å². The van der Waals surface area contributed by atoms with E-state index in [1.165, 1.54) is 38.9 Å². The highest BCUT2D eigenvalue weighted by atomic mass is 15.2. The Bertz CT molecular complexity index is 320. The van der Waals surface area contributed by atoms with Crippen molar-refractivity contribution in [2.75, 3.05) is 26.2 Å². The maximum atomic E-state index is 3.78. The average Bonchev–Trinajstić information content (AvgIpc) is 2.82. The maximum absolute atomic E-state index is 3.78. The van der Waals surface area contributed by atoms with Crippen molar-refractivity contribution >= 4 is 0 Å². The fraction of sp³-hybridized carbons (Fsp3) is 1.00. The molecule has 124 valence electrons. The minimum atomic E-state index is 0.475. The van der Waals surface area contributed by atoms with Crippen molar-refractivity contribution in [3.05, 3.63) is 0 Å². The SMILES string of the molecule is CCNC1CC(C)CC(C)C1CN1CCC(C(C)(C)C)C1. The van der Waals surface area contributed by atoms with Gasteiger partial charge in [0.1, 0.15) is 0 Å². The van der Waals surface area contributed by atoms with Crippen LogP contribution in [0.2, 0.25) is 0 Å². The van der Waals surface area contributed by atoms with E-state index in [-0.39, 0.29) is 0 Å². The second-order valence-electron chi connectivity index (χ2n) is 8.99. The van der Waals surface area contributed by atoms with Crippen LogP contribution >= 0.6 is 0 Å². The van der Waals surface area contributed by atoms with Crippen LogP contribution in [0.1, 0.15) is 60.8 Å². The molecule has 0 aromatic rings. The van der Waals surface area contributed by atoms with E-state index < -0.39 is 0 Å². The summed E-state index contributed by atoms with van der Waals surface area (Å²) in [6, 6.07) is 0.738. The highest BCUT2D eigenvalue weighted by Crippen LogP contribution is 2.37. The van der Waals surface area contributed by atoms with Crippen LogP contribution in [0.4, 0.5) is 0 Å². The number of hydrogen-bond acceptors (Lipinski definition) is 2. The molecule has 2 rings (SSSR count). The molecule has 5 unspecified atom stereocenters. The molecule has 0 spiro atoms. The Morgan fingerprint density at radius 2 is 1.86 bits per heavy atom. The molecule has 2 heteroatoms. The highest BCUT2D eigenvalue weighted by molar-refractivity contribution is 4.91. The van der Waals surface area contributed by atoms with Crippen molar-refractivity contribution in [3.63, 3.8) is 0 Å². The second kappa shape index (κ2) is 7.00. The lowest BCUT2D eigenvalue weighted by atomic mass is 9.72. The quantitative estimate of drug-likeness (QED) is 0.842. The van der Waals surface area contributed by atoms with Gasteiger partial charge in [0, 0.05) is 19.1 Å². The molecule has 1 saturated carbocycles. The molecule has 0 amide bonds. The molecule has 1 heterocycles. The van der Waals surface area contributed by atoms with Crippen LogP contribution in [0, 0.1) is 29.1 Å². The van der Waals surface area contributed by atoms with Crippen molar-refractivity contribution in [1.82, 2.24) is 10.2 Å². The molecule has 1 aliphatic heterocycles. The van der Waals surface area contributed by atoms with Gasteiger partial charge in [-0.15, -0.1) is 0 Å². The Kier molecular flexibility index (Phi) is 5.76. The predicted molar refractivity (Wildman–Crippen MR) is 92.5 cm³/mol. The van der Waals surface area contributed by atoms with Crippen molar-refractivity contribution in [3.8, 4) is 0 Å². The van der Waals surface area contributed by atoms with Crippen LogP contribution in [0.15, 0.2) is 0 Å². The Labute approximate surface area is 133 Å². The van der Waals surface area contributed by atoms with Crippen molar-refractivity contribution < 1.29 is 0 Å². The molecule has 2 fully saturated rings. The van der Waals surface area contributed by atoms with Crippen LogP contribution in [-0.2, 0) is 0 Å². The van der Waals surface area contributed by atoms with E-state index in [4.69, 9.17) is 0 Å². The highest BCUT2D eigenvalue weighted by Gasteiger charge is 2.37. The van der Waals surface area contributed by atoms with Gasteiger partial charge in [0.05, 0.1) is 0 Å². The van der Waals surface area contributed by atoms with Gasteiger partial charge in [-0.25, -0.2) is 0 Å². The molecule has 0 radical (unpaired) electrons. The summed E-state index contributed by atoms with van der Waals surface area (Å²) < 4.78 is 0. The first-order valence-corrected chi connectivity index (χ1v) is 9.27. The summed E-state index contributed by atoms with van der Waals surface area (Å²) in [7, 11) is 0. The summed E-state index contributed by atoms with van der Waals surface area (Å²) in [6.07, 6.45) is 4.19. The summed E-state index contributed by atoms with van der Waals surface area (Å²) in [6.45, 7) is 19.5. The average molecular weight is 295 g/mol. The Morgan fingerprint density at radius 3 is 2.43 bits per heavy atom. The molecule has 21 heavy (non-hydrogen) atoms. The van der Waals surface area contributed by atoms with Gasteiger partial charge in [-0.05, 0) is 61.4 Å². The van der Waals surface area contributed by atoms with Gasteiger partial charge in [-0.2, -0.15) is 0 Å². The fourth-order valence-corrected chi connectivity index (χ4v) is 4.72. The number of rotatable bonds is 4. The molecular weight excluding hydrogens is 256 g/mol. The van der Waals surface area contributed by atoms with E-state index in [0.29, 0.717) is 5.41 Å². The first kappa shape index (κ1) is 17.3. The molecule has 5 atom stereocenters. The predicted octanol–water partition coefficient (Wildman–Crippen LogP) is 4.01. The molecular formula is C19H38N2. The first-order chi connectivity index (χ1) is 9.81. The third-order valence-electron chi connectivity index (χ3n) is 6.11. The number of hydrogen-bond donors (Lipinski definition) is 1. The van der Waals surface area contributed by atoms with E-state index in [1.807, 2.05) is 0 Å². The van der Waals surface area contributed by atoms with E-state index >= 15 is 0 Å². The van der Waals surface area contributed by atoms with Gasteiger partial charge in [0.2, 0.25) is 0 Å². The van der Waals surface area contributed by atoms with Crippen LogP contribution in [-0.4, -0.2) is 37.1 Å². The van der Waals surface area contributed by atoms with Gasteiger partial charge in [-0.1, -0.05) is 41.5 Å². The van der Waals surface area contributed by atoms with Crippen LogP contribution in [0.3, 0.4) is 0 Å². The fourth-order valence-electron chi connectivity index (χ4n) is 4.72. The summed E-state index contributed by atoms with van der Waals surface area (Å²) in [5.74, 6) is 3.49. The Balaban J connectivity index is 1.94. The van der Waals surface area contributed by atoms with Gasteiger partial charge < -0.3 is 10.2 Å². The van der Waals surface area contributed by atoms with Crippen LogP contribution in [0.25, 0.3) is 0 Å². The molecule has 0 aromatic heterocycles. The van der Waals surface area contributed by atoms with Gasteiger partial charge in [0.15, 0.2) is 0 Å². The van der Waals surface area contributed by atoms with Crippen LogP contribution < -0.4 is 5.32 Å². The summed E-state index contributed by atoms with van der Waals surface area (Å²) >= 11 is 0. The number of likely N-dealkylation sites (tertiary alicyclic amines) is 1. The van der Waals surface area contributed by atoms with Gasteiger partial charge in [0.25, 0.3) is 0 Å². The molecule has 1 saturated heterocycles. The number of nitrogens with zero attached hydrogens (tertiary/aromatic N) is 1. The molecule has 2 aliphatic rings. The Morgan fingerprint density at radius 1 is 1.14 bits per heavy atom. The van der Waals surface area contributed by atoms with E-state index in [1.54, 1.807) is 0 Å². The minimum Gasteiger partial charge on any atom is -0.314 e. The summed E-state index contributed by atoms with van der Waals surface area (Å²) in [5.41, 5.74) is 0.475. The largest absolute Gasteiger partial charge is 0.314 e. The zero-order valence-corrected chi connectivity index (χ0v) is 15.3. The zero-order valence-electron chi connectivity index (χ0n) is 15.3. The zero-order chi connectivity index (χ0) is 15.6. The second-order valence-corrected chi connectivity index (χ2v) is 8.99. The first-order valence-electron chi connectivity index (χ1n) is 9.27. The molecule has 0 aromatic carbocycles. The number of nitrogens with one attached hydrogen (secondary N) is 1. The molecule has 1 N–H and O–H groups in total. The monoisotopic (exact) mass is 294 g/mol. The van der Waals surface area contributed by atoms with Crippen molar-refractivity contribution in [2.45, 2.75) is 66.8 Å². The summed E-state index contributed by atoms with van der Waals surface area (Å²) in [5, 5.41) is 3.78. The van der Waals surface area contributed by atoms with Crippen molar-refractivity contribution in [1.29, 1.82) is 0 Å². The molecule has 2 nitrogen and oxygen atoms in total. The third kappa shape index (κ3) is 4.45. The summed E-state index contributed by atoms with van der Waals surface area (Å²) in [4.78, 5) is 2.76. The smallest absolute Gasteiger partial charge is 0.0112 e. The van der Waals surface area contributed by atoms with Gasteiger partial charge in [-0.3, -0.25) is 0 Å². The third-order valence-corrected chi connectivity index (χ3v) is 6.11. The molecule has 0 bridgehead atoms. The maximum Gasteiger partial charge on any atom is 0.0112 e. The van der Waals surface area contributed by atoms with Gasteiger partial charge >= 0.3 is 0 Å².